The number of benzene rings is 1. The van der Waals surface area contributed by atoms with E-state index in [9.17, 15) is 9.18 Å². The van der Waals surface area contributed by atoms with Gasteiger partial charge in [0.15, 0.2) is 0 Å². The van der Waals surface area contributed by atoms with E-state index in [2.05, 4.69) is 5.43 Å². The number of carbonyl (C=O) groups is 1. The van der Waals surface area contributed by atoms with Crippen LogP contribution in [-0.4, -0.2) is 10.6 Å². The second-order valence-electron chi connectivity index (χ2n) is 3.90. The Bertz CT molecular complexity index is 524. The summed E-state index contributed by atoms with van der Waals surface area (Å²) in [6, 6.07) is 9.28. The predicted molar refractivity (Wildman–Crippen MR) is 64.0 cm³/mol. The van der Waals surface area contributed by atoms with Gasteiger partial charge in [0.1, 0.15) is 5.82 Å². The Kier molecular flexibility index (Phi) is 2.95. The van der Waals surface area contributed by atoms with Gasteiger partial charge in [-0.2, -0.15) is 0 Å². The van der Waals surface area contributed by atoms with Gasteiger partial charge in [0, 0.05) is 17.0 Å². The van der Waals surface area contributed by atoms with E-state index in [1.165, 1.54) is 24.3 Å². The molecule has 4 heteroatoms. The number of halogens is 1. The van der Waals surface area contributed by atoms with Crippen LogP contribution in [0.1, 0.15) is 21.7 Å². The average molecular weight is 232 g/mol. The molecule has 1 aromatic heterocycles. The maximum Gasteiger partial charge on any atom is 0.270 e. The first-order valence-electron chi connectivity index (χ1n) is 5.30. The minimum absolute atomic E-state index is 0.257. The van der Waals surface area contributed by atoms with Gasteiger partial charge in [0.2, 0.25) is 0 Å². The van der Waals surface area contributed by atoms with E-state index >= 15 is 0 Å². The summed E-state index contributed by atoms with van der Waals surface area (Å²) in [7, 11) is 0. The van der Waals surface area contributed by atoms with Crippen molar-refractivity contribution in [3.05, 3.63) is 59.2 Å². The summed E-state index contributed by atoms with van der Waals surface area (Å²) in [5.41, 5.74) is 5.06. The molecule has 88 valence electrons. The summed E-state index contributed by atoms with van der Waals surface area (Å²) in [4.78, 5) is 11.9. The fourth-order valence-corrected chi connectivity index (χ4v) is 1.61. The van der Waals surface area contributed by atoms with E-state index in [1.807, 2.05) is 26.0 Å². The lowest BCUT2D eigenvalue weighted by Gasteiger charge is -2.11. The van der Waals surface area contributed by atoms with Crippen LogP contribution in [0.2, 0.25) is 0 Å². The first-order chi connectivity index (χ1) is 8.08. The molecule has 2 aromatic rings. The molecule has 1 N–H and O–H groups in total. The minimum Gasteiger partial charge on any atom is -0.267 e. The molecule has 1 aromatic carbocycles. The van der Waals surface area contributed by atoms with Gasteiger partial charge in [-0.1, -0.05) is 0 Å². The molecule has 0 bridgehead atoms. The number of nitrogens with zero attached hydrogens (tertiary/aromatic N) is 1. The highest BCUT2D eigenvalue weighted by Crippen LogP contribution is 2.07. The summed E-state index contributed by atoms with van der Waals surface area (Å²) in [6.07, 6.45) is 0. The standard InChI is InChI=1S/C13H13FN2O/c1-9-3-4-10(2)16(9)15-13(17)11-5-7-12(14)8-6-11/h3-8H,1-2H3,(H,15,17). The van der Waals surface area contributed by atoms with E-state index in [0.717, 1.165) is 11.4 Å². The first kappa shape index (κ1) is 11.4. The molecule has 0 unspecified atom stereocenters. The number of nitrogens with one attached hydrogen (secondary N) is 1. The molecule has 3 nitrogen and oxygen atoms in total. The first-order valence-corrected chi connectivity index (χ1v) is 5.30. The number of aryl methyl sites for hydroxylation is 2. The number of aromatic nitrogens is 1. The number of carbonyl (C=O) groups excluding carboxylic acids is 1. The molecule has 1 heterocycles. The Balaban J connectivity index is 2.20. The van der Waals surface area contributed by atoms with Crippen molar-refractivity contribution in [3.8, 4) is 0 Å². The van der Waals surface area contributed by atoms with Crippen molar-refractivity contribution in [3.63, 3.8) is 0 Å². The molecule has 0 saturated heterocycles. The van der Waals surface area contributed by atoms with Gasteiger partial charge in [-0.3, -0.25) is 14.9 Å². The molecule has 0 radical (unpaired) electrons. The van der Waals surface area contributed by atoms with Crippen LogP contribution < -0.4 is 5.43 Å². The van der Waals surface area contributed by atoms with E-state index < -0.39 is 0 Å². The van der Waals surface area contributed by atoms with Crippen molar-refractivity contribution in [2.24, 2.45) is 0 Å². The summed E-state index contributed by atoms with van der Waals surface area (Å²) in [5, 5.41) is 0. The van der Waals surface area contributed by atoms with Crippen molar-refractivity contribution in [2.45, 2.75) is 13.8 Å². The van der Waals surface area contributed by atoms with E-state index in [4.69, 9.17) is 0 Å². The topological polar surface area (TPSA) is 34.0 Å². The van der Waals surface area contributed by atoms with Gasteiger partial charge < -0.3 is 0 Å². The molecule has 2 rings (SSSR count). The maximum absolute atomic E-state index is 12.7. The SMILES string of the molecule is Cc1ccc(C)n1NC(=O)c1ccc(F)cc1. The number of amides is 1. The van der Waals surface area contributed by atoms with E-state index in [0.29, 0.717) is 5.56 Å². The van der Waals surface area contributed by atoms with Crippen LogP contribution in [0, 0.1) is 19.7 Å². The fraction of sp³-hybridized carbons (Fsp3) is 0.154. The van der Waals surface area contributed by atoms with Crippen molar-refractivity contribution in [1.82, 2.24) is 4.68 Å². The molecule has 0 aliphatic heterocycles. The van der Waals surface area contributed by atoms with Crippen LogP contribution in [0.25, 0.3) is 0 Å². The molecule has 0 saturated carbocycles. The van der Waals surface area contributed by atoms with Crippen molar-refractivity contribution in [2.75, 3.05) is 5.43 Å². The lowest BCUT2D eigenvalue weighted by molar-refractivity contribution is 0.101. The molecule has 0 atom stereocenters. The van der Waals surface area contributed by atoms with Crippen molar-refractivity contribution in [1.29, 1.82) is 0 Å². The zero-order valence-corrected chi connectivity index (χ0v) is 9.70. The lowest BCUT2D eigenvalue weighted by Crippen LogP contribution is -2.24. The number of rotatable bonds is 2. The largest absolute Gasteiger partial charge is 0.270 e. The fourth-order valence-electron chi connectivity index (χ4n) is 1.61. The molecule has 0 aliphatic rings. The Morgan fingerprint density at radius 2 is 1.59 bits per heavy atom. The van der Waals surface area contributed by atoms with Crippen LogP contribution in [0.4, 0.5) is 4.39 Å². The van der Waals surface area contributed by atoms with E-state index in [1.54, 1.807) is 4.68 Å². The lowest BCUT2D eigenvalue weighted by atomic mass is 10.2. The monoisotopic (exact) mass is 232 g/mol. The Morgan fingerprint density at radius 1 is 1.06 bits per heavy atom. The van der Waals surface area contributed by atoms with Gasteiger partial charge in [-0.05, 0) is 50.2 Å². The zero-order chi connectivity index (χ0) is 12.4. The van der Waals surface area contributed by atoms with Crippen LogP contribution in [0.3, 0.4) is 0 Å². The van der Waals surface area contributed by atoms with Crippen LogP contribution in [0.5, 0.6) is 0 Å². The quantitative estimate of drug-likeness (QED) is 0.848. The highest BCUT2D eigenvalue weighted by atomic mass is 19.1. The molecular formula is C13H13FN2O. The summed E-state index contributed by atoms with van der Waals surface area (Å²) >= 11 is 0. The predicted octanol–water partition coefficient (Wildman–Crippen LogP) is 2.63. The summed E-state index contributed by atoms with van der Waals surface area (Å²) in [6.45, 7) is 3.80. The highest BCUT2D eigenvalue weighted by Gasteiger charge is 2.08. The van der Waals surface area contributed by atoms with Crippen molar-refractivity contribution >= 4 is 5.91 Å². The van der Waals surface area contributed by atoms with Crippen LogP contribution >= 0.6 is 0 Å². The third-order valence-electron chi connectivity index (χ3n) is 2.59. The van der Waals surface area contributed by atoms with Gasteiger partial charge in [-0.15, -0.1) is 0 Å². The minimum atomic E-state index is -0.352. The second-order valence-corrected chi connectivity index (χ2v) is 3.90. The summed E-state index contributed by atoms with van der Waals surface area (Å²) < 4.78 is 14.4. The van der Waals surface area contributed by atoms with Gasteiger partial charge >= 0.3 is 0 Å². The molecule has 0 spiro atoms. The molecule has 0 fully saturated rings. The third kappa shape index (κ3) is 2.36. The molecule has 0 aliphatic carbocycles. The van der Waals surface area contributed by atoms with Crippen LogP contribution in [0.15, 0.2) is 36.4 Å². The summed E-state index contributed by atoms with van der Waals surface area (Å²) in [5.74, 6) is -0.609. The zero-order valence-electron chi connectivity index (χ0n) is 9.70. The Morgan fingerprint density at radius 3 is 2.12 bits per heavy atom. The Hall–Kier alpha value is -2.10. The smallest absolute Gasteiger partial charge is 0.267 e. The second kappa shape index (κ2) is 4.41. The average Bonchev–Trinajstić information content (AvgIpc) is 2.61. The molecule has 1 amide bonds. The number of hydrogen-bond donors (Lipinski definition) is 1. The molecule has 17 heavy (non-hydrogen) atoms. The highest BCUT2D eigenvalue weighted by molar-refractivity contribution is 6.00. The molecular weight excluding hydrogens is 219 g/mol. The normalized spacial score (nSPS) is 10.3. The number of hydrogen-bond acceptors (Lipinski definition) is 1. The van der Waals surface area contributed by atoms with Gasteiger partial charge in [0.25, 0.3) is 5.91 Å². The van der Waals surface area contributed by atoms with Crippen molar-refractivity contribution < 1.29 is 9.18 Å². The Labute approximate surface area is 98.8 Å². The van der Waals surface area contributed by atoms with Gasteiger partial charge in [0.05, 0.1) is 0 Å². The maximum atomic E-state index is 12.7. The van der Waals surface area contributed by atoms with Crippen LogP contribution in [-0.2, 0) is 0 Å². The third-order valence-corrected chi connectivity index (χ3v) is 2.59. The van der Waals surface area contributed by atoms with E-state index in [-0.39, 0.29) is 11.7 Å². The van der Waals surface area contributed by atoms with Gasteiger partial charge in [-0.25, -0.2) is 4.39 Å².